The molecule has 0 aromatic carbocycles. The summed E-state index contributed by atoms with van der Waals surface area (Å²) in [5.74, 6) is -1.68. The predicted octanol–water partition coefficient (Wildman–Crippen LogP) is 4.22. The predicted molar refractivity (Wildman–Crippen MR) is 142 cm³/mol. The lowest BCUT2D eigenvalue weighted by Gasteiger charge is -2.46. The molecule has 0 saturated carbocycles. The van der Waals surface area contributed by atoms with E-state index in [2.05, 4.69) is 13.2 Å². The van der Waals surface area contributed by atoms with E-state index < -0.39 is 17.4 Å². The fraction of sp³-hybridized carbons (Fsp3) is 0.821. The smallest absolute Gasteiger partial charge is 0.311 e. The van der Waals surface area contributed by atoms with Gasteiger partial charge in [-0.15, -0.1) is 13.2 Å². The summed E-state index contributed by atoms with van der Waals surface area (Å²) in [7, 11) is 6.22. The van der Waals surface area contributed by atoms with Crippen LogP contribution >= 0.6 is 0 Å². The standard InChI is InChI=1S/C28H50O10/c1-10-21(3)24(35-19-31-7)15-27(5,13-12-14-34-18-30-6)38-26(29)17-28(33-9)16-25(36-20-32-8)22(4)23(11-2)37-28/h10-11,21-25H,1-2,12-20H2,3-9H3/t21-,22+,23+,24-,25+,27-,28+/m1/s1. The summed E-state index contributed by atoms with van der Waals surface area (Å²) in [6.07, 6.45) is 4.46. The Kier molecular flexibility index (Phi) is 16.5. The molecule has 0 aliphatic carbocycles. The molecule has 0 radical (unpaired) electrons. The summed E-state index contributed by atoms with van der Waals surface area (Å²) in [6, 6.07) is 0. The SMILES string of the molecule is C=C[C@@H](C)[C@@H](C[C@@](C)(CCCOCOC)OC(=O)C[C@]1(OC)C[C@H](OCOC)[C@@H](C)[C@H](C=C)O1)OCOC. The van der Waals surface area contributed by atoms with Gasteiger partial charge in [-0.1, -0.05) is 26.0 Å². The number of hydrogen-bond donors (Lipinski definition) is 0. The second-order valence-corrected chi connectivity index (χ2v) is 10.0. The molecule has 0 amide bonds. The van der Waals surface area contributed by atoms with Crippen molar-refractivity contribution in [1.82, 2.24) is 0 Å². The lowest BCUT2D eigenvalue weighted by Crippen LogP contribution is -2.53. The van der Waals surface area contributed by atoms with Crippen LogP contribution in [-0.2, 0) is 47.4 Å². The van der Waals surface area contributed by atoms with Crippen LogP contribution in [0.2, 0.25) is 0 Å². The van der Waals surface area contributed by atoms with Gasteiger partial charge in [-0.2, -0.15) is 0 Å². The number of carbonyl (C=O) groups is 1. The minimum Gasteiger partial charge on any atom is -0.459 e. The molecule has 0 unspecified atom stereocenters. The Balaban J connectivity index is 3.08. The first-order valence-corrected chi connectivity index (χ1v) is 13.1. The monoisotopic (exact) mass is 546 g/mol. The zero-order chi connectivity index (χ0) is 28.6. The molecule has 38 heavy (non-hydrogen) atoms. The van der Waals surface area contributed by atoms with Gasteiger partial charge in [0.2, 0.25) is 0 Å². The molecule has 1 heterocycles. The number of ether oxygens (including phenoxy) is 9. The number of rotatable bonds is 21. The minimum atomic E-state index is -1.23. The van der Waals surface area contributed by atoms with Crippen molar-refractivity contribution in [1.29, 1.82) is 0 Å². The van der Waals surface area contributed by atoms with E-state index in [1.807, 2.05) is 26.8 Å². The minimum absolute atomic E-state index is 0.00149. The zero-order valence-corrected chi connectivity index (χ0v) is 24.4. The van der Waals surface area contributed by atoms with Gasteiger partial charge in [0, 0.05) is 59.7 Å². The first-order valence-electron chi connectivity index (χ1n) is 13.1. The van der Waals surface area contributed by atoms with Gasteiger partial charge in [0.1, 0.15) is 26.0 Å². The molecule has 1 aliphatic rings. The Morgan fingerprint density at radius 1 is 1.13 bits per heavy atom. The van der Waals surface area contributed by atoms with Gasteiger partial charge in [-0.3, -0.25) is 4.79 Å². The van der Waals surface area contributed by atoms with Gasteiger partial charge < -0.3 is 42.6 Å². The van der Waals surface area contributed by atoms with Crippen molar-refractivity contribution in [2.24, 2.45) is 11.8 Å². The third-order valence-corrected chi connectivity index (χ3v) is 6.93. The van der Waals surface area contributed by atoms with Crippen LogP contribution in [0.1, 0.15) is 52.9 Å². The quantitative estimate of drug-likeness (QED) is 0.0900. The van der Waals surface area contributed by atoms with Gasteiger partial charge in [0.15, 0.2) is 5.79 Å². The van der Waals surface area contributed by atoms with Gasteiger partial charge in [0.05, 0.1) is 24.7 Å². The number of esters is 1. The van der Waals surface area contributed by atoms with Crippen LogP contribution in [0.15, 0.2) is 25.3 Å². The maximum absolute atomic E-state index is 13.4. The molecule has 0 spiro atoms. The van der Waals surface area contributed by atoms with Crippen LogP contribution in [0.4, 0.5) is 0 Å². The van der Waals surface area contributed by atoms with E-state index in [4.69, 9.17) is 42.6 Å². The van der Waals surface area contributed by atoms with E-state index in [0.29, 0.717) is 32.3 Å². The van der Waals surface area contributed by atoms with E-state index in [1.165, 1.54) is 7.11 Å². The molecule has 1 fully saturated rings. The van der Waals surface area contributed by atoms with Gasteiger partial charge in [-0.05, 0) is 19.8 Å². The molecular weight excluding hydrogens is 496 g/mol. The van der Waals surface area contributed by atoms with E-state index in [9.17, 15) is 4.79 Å². The molecule has 0 bridgehead atoms. The van der Waals surface area contributed by atoms with E-state index in [-0.39, 0.29) is 56.9 Å². The first kappa shape index (κ1) is 34.7. The Bertz CT molecular complexity index is 689. The first-order chi connectivity index (χ1) is 18.1. The second-order valence-electron chi connectivity index (χ2n) is 10.0. The van der Waals surface area contributed by atoms with Crippen LogP contribution in [0.3, 0.4) is 0 Å². The molecular formula is C28H50O10. The summed E-state index contributed by atoms with van der Waals surface area (Å²) in [6.45, 7) is 14.6. The van der Waals surface area contributed by atoms with Crippen LogP contribution in [0.25, 0.3) is 0 Å². The Hall–Kier alpha value is -1.37. The molecule has 10 heteroatoms. The highest BCUT2D eigenvalue weighted by Crippen LogP contribution is 2.39. The number of methoxy groups -OCH3 is 4. The summed E-state index contributed by atoms with van der Waals surface area (Å²) < 4.78 is 50.6. The van der Waals surface area contributed by atoms with Crippen molar-refractivity contribution in [2.45, 2.75) is 82.6 Å². The second kappa shape index (κ2) is 18.1. The molecule has 1 saturated heterocycles. The fourth-order valence-corrected chi connectivity index (χ4v) is 4.60. The van der Waals surface area contributed by atoms with Gasteiger partial charge in [0.25, 0.3) is 0 Å². The van der Waals surface area contributed by atoms with Crippen molar-refractivity contribution in [3.8, 4) is 0 Å². The summed E-state index contributed by atoms with van der Waals surface area (Å²) in [5.41, 5.74) is -0.857. The highest BCUT2D eigenvalue weighted by atomic mass is 16.7. The largest absolute Gasteiger partial charge is 0.459 e. The third kappa shape index (κ3) is 11.4. The summed E-state index contributed by atoms with van der Waals surface area (Å²) >= 11 is 0. The normalized spacial score (nSPS) is 26.8. The average molecular weight is 547 g/mol. The van der Waals surface area contributed by atoms with Crippen LogP contribution in [0, 0.1) is 11.8 Å². The molecule has 1 aliphatic heterocycles. The van der Waals surface area contributed by atoms with Crippen molar-refractivity contribution in [3.05, 3.63) is 25.3 Å². The highest BCUT2D eigenvalue weighted by molar-refractivity contribution is 5.71. The number of hydrogen-bond acceptors (Lipinski definition) is 10. The average Bonchev–Trinajstić information content (AvgIpc) is 2.90. The van der Waals surface area contributed by atoms with Crippen molar-refractivity contribution >= 4 is 5.97 Å². The van der Waals surface area contributed by atoms with Gasteiger partial charge in [-0.25, -0.2) is 0 Å². The Labute approximate surface area is 228 Å². The van der Waals surface area contributed by atoms with E-state index in [1.54, 1.807) is 27.4 Å². The van der Waals surface area contributed by atoms with E-state index >= 15 is 0 Å². The lowest BCUT2D eigenvalue weighted by molar-refractivity contribution is -0.302. The van der Waals surface area contributed by atoms with Crippen LogP contribution in [-0.4, -0.2) is 91.1 Å². The third-order valence-electron chi connectivity index (χ3n) is 6.93. The molecule has 7 atom stereocenters. The van der Waals surface area contributed by atoms with Crippen LogP contribution < -0.4 is 0 Å². The molecule has 1 rings (SSSR count). The summed E-state index contributed by atoms with van der Waals surface area (Å²) in [5, 5.41) is 0. The van der Waals surface area contributed by atoms with Gasteiger partial charge >= 0.3 is 5.97 Å². The molecule has 0 N–H and O–H groups in total. The Morgan fingerprint density at radius 2 is 1.82 bits per heavy atom. The maximum atomic E-state index is 13.4. The molecule has 222 valence electrons. The van der Waals surface area contributed by atoms with Crippen molar-refractivity contribution in [3.63, 3.8) is 0 Å². The zero-order valence-electron chi connectivity index (χ0n) is 24.4. The van der Waals surface area contributed by atoms with Crippen molar-refractivity contribution < 1.29 is 47.4 Å². The molecule has 0 aromatic heterocycles. The van der Waals surface area contributed by atoms with E-state index in [0.717, 1.165) is 0 Å². The number of carbonyl (C=O) groups excluding carboxylic acids is 1. The molecule has 10 nitrogen and oxygen atoms in total. The Morgan fingerprint density at radius 3 is 2.39 bits per heavy atom. The molecule has 0 aromatic rings. The highest BCUT2D eigenvalue weighted by Gasteiger charge is 2.48. The van der Waals surface area contributed by atoms with Crippen LogP contribution in [0.5, 0.6) is 0 Å². The topological polar surface area (TPSA) is 100 Å². The maximum Gasteiger partial charge on any atom is 0.311 e. The fourth-order valence-electron chi connectivity index (χ4n) is 4.60. The van der Waals surface area contributed by atoms with Crippen molar-refractivity contribution in [2.75, 3.05) is 55.4 Å². The lowest BCUT2D eigenvalue weighted by atomic mass is 9.86. The summed E-state index contributed by atoms with van der Waals surface area (Å²) in [4.78, 5) is 13.4.